The first kappa shape index (κ1) is 25.0. The van der Waals surface area contributed by atoms with Crippen LogP contribution in [0.4, 0.5) is 10.1 Å². The van der Waals surface area contributed by atoms with Crippen LogP contribution in [0.3, 0.4) is 0 Å². The number of cyclic esters (lactones) is 1. The Morgan fingerprint density at radius 2 is 2.09 bits per heavy atom. The standard InChI is InChI=1S/C24H31FN6O4/c1-26-28-29(2)13-19-14-31(16-24(33)35-19)18-4-5-20(21(25)11-18)17-3-6-22(27-12-17)23(32)15-30-7-9-34-10-8-30/h3-6,11-12,19,23,32H,7-10,13-16H2,1-2H3. The van der Waals surface area contributed by atoms with Gasteiger partial charge < -0.3 is 19.5 Å². The van der Waals surface area contributed by atoms with E-state index in [4.69, 9.17) is 9.47 Å². The van der Waals surface area contributed by atoms with Gasteiger partial charge in [0.05, 0.1) is 39.0 Å². The summed E-state index contributed by atoms with van der Waals surface area (Å²) in [6.07, 6.45) is 0.441. The fourth-order valence-electron chi connectivity index (χ4n) is 4.32. The molecule has 2 aliphatic rings. The van der Waals surface area contributed by atoms with Crippen LogP contribution in [-0.4, -0.2) is 98.7 Å². The maximum atomic E-state index is 15.1. The van der Waals surface area contributed by atoms with Gasteiger partial charge in [-0.05, 0) is 24.3 Å². The molecule has 2 saturated heterocycles. The van der Waals surface area contributed by atoms with Crippen LogP contribution in [0.2, 0.25) is 0 Å². The summed E-state index contributed by atoms with van der Waals surface area (Å²) in [5.41, 5.74) is 2.15. The number of ether oxygens (including phenoxy) is 2. The van der Waals surface area contributed by atoms with Crippen molar-refractivity contribution in [2.75, 3.05) is 71.5 Å². The SMILES string of the molecule is CN=NN(C)CC1CN(c2ccc(-c3ccc(C(O)CN4CCOCC4)nc3)c(F)c2)CC(=O)O1. The van der Waals surface area contributed by atoms with Crippen LogP contribution in [0.15, 0.2) is 46.9 Å². The number of halogens is 1. The second-order valence-electron chi connectivity index (χ2n) is 8.69. The molecule has 4 rings (SSSR count). The van der Waals surface area contributed by atoms with Crippen molar-refractivity contribution in [1.82, 2.24) is 14.9 Å². The van der Waals surface area contributed by atoms with E-state index in [0.29, 0.717) is 55.4 Å². The molecule has 11 heteroatoms. The molecule has 0 radical (unpaired) electrons. The minimum absolute atomic E-state index is 0.0472. The number of β-amino-alcohol motifs (C(OH)–C–C–N with tert-alkyl or cyclic N) is 1. The number of hydrogen-bond acceptors (Lipinski definition) is 9. The summed E-state index contributed by atoms with van der Waals surface area (Å²) < 4.78 is 25.8. The zero-order valence-corrected chi connectivity index (χ0v) is 20.0. The molecule has 2 unspecified atom stereocenters. The largest absolute Gasteiger partial charge is 0.457 e. The van der Waals surface area contributed by atoms with E-state index in [-0.39, 0.29) is 12.5 Å². The lowest BCUT2D eigenvalue weighted by atomic mass is 10.0. The van der Waals surface area contributed by atoms with Gasteiger partial charge in [0, 0.05) is 49.7 Å². The Labute approximate surface area is 203 Å². The molecule has 1 N–H and O–H groups in total. The number of aliphatic hydroxyl groups excluding tert-OH is 1. The molecule has 1 aromatic carbocycles. The quantitative estimate of drug-likeness (QED) is 0.343. The number of esters is 1. The van der Waals surface area contributed by atoms with Crippen molar-refractivity contribution in [3.05, 3.63) is 48.0 Å². The zero-order valence-electron chi connectivity index (χ0n) is 20.0. The normalized spacial score (nSPS) is 20.2. The number of carbonyl (C=O) groups excluding carboxylic acids is 1. The number of aliphatic hydroxyl groups is 1. The molecule has 1 aromatic heterocycles. The van der Waals surface area contributed by atoms with E-state index in [1.54, 1.807) is 54.5 Å². The fourth-order valence-corrected chi connectivity index (χ4v) is 4.32. The van der Waals surface area contributed by atoms with Gasteiger partial charge in [0.15, 0.2) is 0 Å². The van der Waals surface area contributed by atoms with Crippen LogP contribution in [0, 0.1) is 5.82 Å². The Hall–Kier alpha value is -3.15. The van der Waals surface area contributed by atoms with Crippen LogP contribution < -0.4 is 4.90 Å². The third-order valence-electron chi connectivity index (χ3n) is 6.04. The maximum Gasteiger partial charge on any atom is 0.325 e. The number of nitrogens with zero attached hydrogens (tertiary/aromatic N) is 6. The molecular weight excluding hydrogens is 455 g/mol. The number of hydrogen-bond donors (Lipinski definition) is 1. The van der Waals surface area contributed by atoms with E-state index in [1.165, 1.54) is 6.07 Å². The first-order valence-corrected chi connectivity index (χ1v) is 11.6. The van der Waals surface area contributed by atoms with E-state index in [9.17, 15) is 9.90 Å². The van der Waals surface area contributed by atoms with Gasteiger partial charge in [0.1, 0.15) is 24.6 Å². The van der Waals surface area contributed by atoms with Gasteiger partial charge in [-0.15, -0.1) is 0 Å². The minimum atomic E-state index is -0.723. The first-order valence-electron chi connectivity index (χ1n) is 11.6. The lowest BCUT2D eigenvalue weighted by Crippen LogP contribution is -2.48. The highest BCUT2D eigenvalue weighted by Gasteiger charge is 2.28. The molecule has 0 spiro atoms. The minimum Gasteiger partial charge on any atom is -0.457 e. The van der Waals surface area contributed by atoms with Gasteiger partial charge in [0.25, 0.3) is 0 Å². The zero-order chi connectivity index (χ0) is 24.8. The highest BCUT2D eigenvalue weighted by atomic mass is 19.1. The molecule has 2 fully saturated rings. The van der Waals surface area contributed by atoms with Gasteiger partial charge in [0.2, 0.25) is 0 Å². The Morgan fingerprint density at radius 1 is 1.29 bits per heavy atom. The summed E-state index contributed by atoms with van der Waals surface area (Å²) in [7, 11) is 3.31. The average molecular weight is 487 g/mol. The van der Waals surface area contributed by atoms with Crippen molar-refractivity contribution in [1.29, 1.82) is 0 Å². The van der Waals surface area contributed by atoms with Crippen molar-refractivity contribution in [2.24, 2.45) is 10.3 Å². The monoisotopic (exact) mass is 486 g/mol. The van der Waals surface area contributed by atoms with E-state index in [1.807, 2.05) is 0 Å². The van der Waals surface area contributed by atoms with Gasteiger partial charge in [-0.2, -0.15) is 5.11 Å². The molecule has 0 aliphatic carbocycles. The molecule has 188 valence electrons. The molecule has 2 aliphatic heterocycles. The Balaban J connectivity index is 1.42. The number of benzene rings is 1. The van der Waals surface area contributed by atoms with Crippen LogP contribution in [0.5, 0.6) is 0 Å². The Bertz CT molecular complexity index is 1030. The second kappa shape index (κ2) is 11.5. The number of likely N-dealkylation sites (N-methyl/N-ethyl adjacent to an activating group) is 1. The summed E-state index contributed by atoms with van der Waals surface area (Å²) in [4.78, 5) is 20.4. The highest BCUT2D eigenvalue weighted by molar-refractivity contribution is 5.78. The third-order valence-corrected chi connectivity index (χ3v) is 6.04. The molecule has 3 heterocycles. The fraction of sp³-hybridized carbons (Fsp3) is 0.500. The molecule has 2 aromatic rings. The Morgan fingerprint density at radius 3 is 2.77 bits per heavy atom. The van der Waals surface area contributed by atoms with Crippen LogP contribution in [0.1, 0.15) is 11.8 Å². The molecule has 2 atom stereocenters. The molecule has 0 amide bonds. The average Bonchev–Trinajstić information content (AvgIpc) is 2.84. The summed E-state index contributed by atoms with van der Waals surface area (Å²) in [6, 6.07) is 8.36. The van der Waals surface area contributed by atoms with Gasteiger partial charge in [-0.25, -0.2) is 4.39 Å². The molecule has 10 nitrogen and oxygen atoms in total. The van der Waals surface area contributed by atoms with Crippen molar-refractivity contribution in [3.8, 4) is 11.1 Å². The lowest BCUT2D eigenvalue weighted by Gasteiger charge is -2.34. The van der Waals surface area contributed by atoms with E-state index in [2.05, 4.69) is 20.2 Å². The van der Waals surface area contributed by atoms with Crippen molar-refractivity contribution in [2.45, 2.75) is 12.2 Å². The van der Waals surface area contributed by atoms with Crippen molar-refractivity contribution >= 4 is 11.7 Å². The van der Waals surface area contributed by atoms with E-state index in [0.717, 1.165) is 13.1 Å². The topological polar surface area (TPSA) is 103 Å². The smallest absolute Gasteiger partial charge is 0.325 e. The first-order chi connectivity index (χ1) is 16.9. The van der Waals surface area contributed by atoms with Crippen LogP contribution in [-0.2, 0) is 14.3 Å². The van der Waals surface area contributed by atoms with Gasteiger partial charge in [-0.3, -0.25) is 19.7 Å². The summed E-state index contributed by atoms with van der Waals surface area (Å²) >= 11 is 0. The van der Waals surface area contributed by atoms with E-state index < -0.39 is 18.0 Å². The number of aromatic nitrogens is 1. The molecule has 0 saturated carbocycles. The number of anilines is 1. The molecule has 35 heavy (non-hydrogen) atoms. The van der Waals surface area contributed by atoms with Crippen LogP contribution in [0.25, 0.3) is 11.1 Å². The third kappa shape index (κ3) is 6.50. The predicted molar refractivity (Wildman–Crippen MR) is 127 cm³/mol. The van der Waals surface area contributed by atoms with Crippen molar-refractivity contribution < 1.29 is 23.8 Å². The summed E-state index contributed by atoms with van der Waals surface area (Å²) in [5.74, 6) is -0.790. The highest BCUT2D eigenvalue weighted by Crippen LogP contribution is 2.28. The van der Waals surface area contributed by atoms with E-state index >= 15 is 4.39 Å². The number of rotatable bonds is 8. The van der Waals surface area contributed by atoms with Gasteiger partial charge in [-0.1, -0.05) is 11.3 Å². The number of morpholine rings is 2. The van der Waals surface area contributed by atoms with Gasteiger partial charge >= 0.3 is 5.97 Å². The van der Waals surface area contributed by atoms with Crippen molar-refractivity contribution in [3.63, 3.8) is 0 Å². The predicted octanol–water partition coefficient (Wildman–Crippen LogP) is 1.91. The summed E-state index contributed by atoms with van der Waals surface area (Å²) in [6.45, 7) is 4.22. The maximum absolute atomic E-state index is 15.1. The molecular formula is C24H31FN6O4. The lowest BCUT2D eigenvalue weighted by molar-refractivity contribution is -0.150. The van der Waals surface area contributed by atoms with Crippen LogP contribution >= 0.6 is 0 Å². The Kier molecular flexibility index (Phi) is 8.21. The number of pyridine rings is 1. The molecule has 0 bridgehead atoms. The number of carbonyl (C=O) groups is 1. The summed E-state index contributed by atoms with van der Waals surface area (Å²) in [5, 5.41) is 19.7. The second-order valence-corrected chi connectivity index (χ2v) is 8.69.